The van der Waals surface area contributed by atoms with Crippen molar-refractivity contribution >= 4 is 17.8 Å². The summed E-state index contributed by atoms with van der Waals surface area (Å²) in [5, 5.41) is 14.2. The van der Waals surface area contributed by atoms with E-state index in [0.29, 0.717) is 12.0 Å². The first-order chi connectivity index (χ1) is 11.4. The lowest BCUT2D eigenvalue weighted by molar-refractivity contribution is -0.142. The zero-order valence-corrected chi connectivity index (χ0v) is 14.1. The summed E-state index contributed by atoms with van der Waals surface area (Å²) in [6.07, 6.45) is 3.24. The number of carboxylic acid groups (broad SMARTS) is 1. The largest absolute Gasteiger partial charge is 0.480 e. The van der Waals surface area contributed by atoms with Gasteiger partial charge in [-0.3, -0.25) is 9.59 Å². The van der Waals surface area contributed by atoms with Crippen molar-refractivity contribution in [3.05, 3.63) is 34.9 Å². The number of hydrogen-bond acceptors (Lipinski definition) is 3. The molecule has 2 amide bonds. The van der Waals surface area contributed by atoms with Gasteiger partial charge < -0.3 is 15.7 Å². The molecule has 2 rings (SSSR count). The molecule has 0 spiro atoms. The van der Waals surface area contributed by atoms with E-state index in [1.54, 1.807) is 6.07 Å². The second-order valence-corrected chi connectivity index (χ2v) is 6.57. The van der Waals surface area contributed by atoms with E-state index in [4.69, 9.17) is 5.11 Å². The first kappa shape index (κ1) is 18.0. The average Bonchev–Trinajstić information content (AvgIpc) is 2.99. The molecule has 0 saturated carbocycles. The number of aliphatic carboxylic acids is 1. The summed E-state index contributed by atoms with van der Waals surface area (Å²) in [6.45, 7) is 3.55. The van der Waals surface area contributed by atoms with Crippen molar-refractivity contribution in [1.29, 1.82) is 0 Å². The van der Waals surface area contributed by atoms with Crippen molar-refractivity contribution in [1.82, 2.24) is 10.6 Å². The number of amides is 2. The zero-order valence-electron chi connectivity index (χ0n) is 14.1. The monoisotopic (exact) mass is 332 g/mol. The Hall–Kier alpha value is -2.37. The summed E-state index contributed by atoms with van der Waals surface area (Å²) in [4.78, 5) is 35.4. The van der Waals surface area contributed by atoms with Crippen LogP contribution in [0.3, 0.4) is 0 Å². The maximum absolute atomic E-state index is 12.3. The maximum Gasteiger partial charge on any atom is 0.326 e. The highest BCUT2D eigenvalue weighted by Gasteiger charge is 2.22. The molecule has 0 radical (unpaired) electrons. The van der Waals surface area contributed by atoms with Gasteiger partial charge in [-0.2, -0.15) is 0 Å². The van der Waals surface area contributed by atoms with Crippen LogP contribution in [0.4, 0.5) is 0 Å². The number of fused-ring (bicyclic) bond motifs is 1. The molecule has 1 aromatic rings. The van der Waals surface area contributed by atoms with Gasteiger partial charge in [0.1, 0.15) is 6.04 Å². The van der Waals surface area contributed by atoms with Crippen molar-refractivity contribution in [3.8, 4) is 0 Å². The molecule has 0 unspecified atom stereocenters. The Labute approximate surface area is 141 Å². The van der Waals surface area contributed by atoms with Crippen LogP contribution in [0, 0.1) is 5.92 Å². The summed E-state index contributed by atoms with van der Waals surface area (Å²) >= 11 is 0. The lowest BCUT2D eigenvalue weighted by Gasteiger charge is -2.16. The minimum absolute atomic E-state index is 0.146. The van der Waals surface area contributed by atoms with E-state index in [0.717, 1.165) is 24.8 Å². The topological polar surface area (TPSA) is 95.5 Å². The quantitative estimate of drug-likeness (QED) is 0.705. The fourth-order valence-electron chi connectivity index (χ4n) is 3.03. The molecule has 1 aromatic carbocycles. The van der Waals surface area contributed by atoms with E-state index >= 15 is 0 Å². The van der Waals surface area contributed by atoms with Crippen LogP contribution in [-0.2, 0) is 22.4 Å². The molecule has 24 heavy (non-hydrogen) atoms. The van der Waals surface area contributed by atoms with Gasteiger partial charge in [-0.1, -0.05) is 26.0 Å². The molecule has 0 aromatic heterocycles. The minimum atomic E-state index is -1.07. The smallest absolute Gasteiger partial charge is 0.326 e. The number of carbonyl (C=O) groups is 3. The van der Waals surface area contributed by atoms with E-state index in [1.165, 1.54) is 5.56 Å². The third-order valence-corrected chi connectivity index (χ3v) is 4.14. The first-order valence-corrected chi connectivity index (χ1v) is 8.29. The van der Waals surface area contributed by atoms with Crippen LogP contribution in [0.1, 0.15) is 48.2 Å². The molecule has 6 heteroatoms. The Morgan fingerprint density at radius 3 is 2.62 bits per heavy atom. The summed E-state index contributed by atoms with van der Waals surface area (Å²) in [5.41, 5.74) is 2.85. The second kappa shape index (κ2) is 7.95. The molecule has 1 atom stereocenters. The fourth-order valence-corrected chi connectivity index (χ4v) is 3.03. The molecule has 0 aliphatic heterocycles. The van der Waals surface area contributed by atoms with Crippen LogP contribution in [0.25, 0.3) is 0 Å². The molecule has 130 valence electrons. The number of aryl methyl sites for hydroxylation is 1. The van der Waals surface area contributed by atoms with E-state index in [2.05, 4.69) is 10.6 Å². The van der Waals surface area contributed by atoms with Crippen LogP contribution in [0.2, 0.25) is 0 Å². The standard InChI is InChI=1S/C18H24N2O4/c1-11(2)9-15(18(23)24)20-16(21)10-19-17(22)14-8-4-6-12-5-3-7-13(12)14/h4,6,8,11,15H,3,5,7,9-10H2,1-2H3,(H,19,22)(H,20,21)(H,23,24)/t15-/m0/s1. The van der Waals surface area contributed by atoms with Crippen LogP contribution in [-0.4, -0.2) is 35.5 Å². The molecule has 3 N–H and O–H groups in total. The first-order valence-electron chi connectivity index (χ1n) is 8.29. The van der Waals surface area contributed by atoms with Gasteiger partial charge in [0.15, 0.2) is 0 Å². The third-order valence-electron chi connectivity index (χ3n) is 4.14. The Morgan fingerprint density at radius 2 is 1.96 bits per heavy atom. The molecule has 1 aliphatic carbocycles. The van der Waals surface area contributed by atoms with Crippen molar-refractivity contribution < 1.29 is 19.5 Å². The average molecular weight is 332 g/mol. The lowest BCUT2D eigenvalue weighted by Crippen LogP contribution is -2.46. The Morgan fingerprint density at radius 1 is 1.21 bits per heavy atom. The second-order valence-electron chi connectivity index (χ2n) is 6.57. The van der Waals surface area contributed by atoms with Crippen LogP contribution >= 0.6 is 0 Å². The minimum Gasteiger partial charge on any atom is -0.480 e. The van der Waals surface area contributed by atoms with E-state index in [9.17, 15) is 14.4 Å². The van der Waals surface area contributed by atoms with Crippen LogP contribution in [0.15, 0.2) is 18.2 Å². The van der Waals surface area contributed by atoms with Crippen molar-refractivity contribution in [2.24, 2.45) is 5.92 Å². The molecule has 0 saturated heterocycles. The lowest BCUT2D eigenvalue weighted by atomic mass is 10.0. The Bertz CT molecular complexity index is 640. The summed E-state index contributed by atoms with van der Waals surface area (Å²) in [7, 11) is 0. The number of carboxylic acids is 1. The van der Waals surface area contributed by atoms with Gasteiger partial charge in [0.2, 0.25) is 5.91 Å². The van der Waals surface area contributed by atoms with Crippen molar-refractivity contribution in [2.45, 2.75) is 45.6 Å². The van der Waals surface area contributed by atoms with Gasteiger partial charge in [-0.15, -0.1) is 0 Å². The predicted octanol–water partition coefficient (Wildman–Crippen LogP) is 1.52. The van der Waals surface area contributed by atoms with Gasteiger partial charge in [0, 0.05) is 5.56 Å². The van der Waals surface area contributed by atoms with Gasteiger partial charge in [0.05, 0.1) is 6.54 Å². The van der Waals surface area contributed by atoms with Gasteiger partial charge in [-0.25, -0.2) is 4.79 Å². The number of hydrogen-bond donors (Lipinski definition) is 3. The van der Waals surface area contributed by atoms with Gasteiger partial charge >= 0.3 is 5.97 Å². The molecule has 0 fully saturated rings. The van der Waals surface area contributed by atoms with Crippen molar-refractivity contribution in [3.63, 3.8) is 0 Å². The highest BCUT2D eigenvalue weighted by atomic mass is 16.4. The maximum atomic E-state index is 12.3. The third kappa shape index (κ3) is 4.57. The molecule has 1 aliphatic rings. The highest BCUT2D eigenvalue weighted by Crippen LogP contribution is 2.25. The molecule has 0 bridgehead atoms. The normalized spacial score (nSPS) is 14.1. The number of nitrogens with one attached hydrogen (secondary N) is 2. The van der Waals surface area contributed by atoms with Crippen LogP contribution in [0.5, 0.6) is 0 Å². The Balaban J connectivity index is 1.91. The molecular weight excluding hydrogens is 308 g/mol. The number of benzene rings is 1. The SMILES string of the molecule is CC(C)C[C@H](NC(=O)CNC(=O)c1cccc2c1CCC2)C(=O)O. The summed E-state index contributed by atoms with van der Waals surface area (Å²) < 4.78 is 0. The van der Waals surface area contributed by atoms with Gasteiger partial charge in [0.25, 0.3) is 5.91 Å². The van der Waals surface area contributed by atoms with E-state index < -0.39 is 17.9 Å². The number of rotatable bonds is 7. The summed E-state index contributed by atoms with van der Waals surface area (Å²) in [5.74, 6) is -1.71. The fraction of sp³-hybridized carbons (Fsp3) is 0.500. The van der Waals surface area contributed by atoms with Gasteiger partial charge in [-0.05, 0) is 48.8 Å². The van der Waals surface area contributed by atoms with Crippen LogP contribution < -0.4 is 10.6 Å². The summed E-state index contributed by atoms with van der Waals surface area (Å²) in [6, 6.07) is 4.70. The molecular formula is C18H24N2O4. The Kier molecular flexibility index (Phi) is 5.95. The van der Waals surface area contributed by atoms with E-state index in [1.807, 2.05) is 26.0 Å². The zero-order chi connectivity index (χ0) is 17.7. The predicted molar refractivity (Wildman–Crippen MR) is 89.8 cm³/mol. The van der Waals surface area contributed by atoms with Crippen molar-refractivity contribution in [2.75, 3.05) is 6.54 Å². The number of carbonyl (C=O) groups excluding carboxylic acids is 2. The van der Waals surface area contributed by atoms with E-state index in [-0.39, 0.29) is 18.4 Å². The molecule has 6 nitrogen and oxygen atoms in total. The molecule has 0 heterocycles. The highest BCUT2D eigenvalue weighted by molar-refractivity contribution is 5.98.